The number of benzene rings is 1. The second-order valence-corrected chi connectivity index (χ2v) is 4.85. The van der Waals surface area contributed by atoms with Gasteiger partial charge in [0.15, 0.2) is 0 Å². The van der Waals surface area contributed by atoms with E-state index in [1.807, 2.05) is 0 Å². The first-order valence-electron chi connectivity index (χ1n) is 5.63. The number of hydrogen-bond donors (Lipinski definition) is 1. The lowest BCUT2D eigenvalue weighted by Crippen LogP contribution is -1.99. The van der Waals surface area contributed by atoms with E-state index in [2.05, 4.69) is 32.3 Å². The van der Waals surface area contributed by atoms with Gasteiger partial charge in [-0.15, -0.1) is 0 Å². The van der Waals surface area contributed by atoms with Crippen LogP contribution in [-0.2, 0) is 6.42 Å². The predicted octanol–water partition coefficient (Wildman–Crippen LogP) is 3.56. The van der Waals surface area contributed by atoms with Gasteiger partial charge in [-0.25, -0.2) is 4.98 Å². The van der Waals surface area contributed by atoms with Gasteiger partial charge in [-0.05, 0) is 33.6 Å². The van der Waals surface area contributed by atoms with E-state index < -0.39 is 4.92 Å². The van der Waals surface area contributed by atoms with E-state index in [4.69, 9.17) is 5.26 Å². The number of nitrogens with zero attached hydrogens (tertiary/aromatic N) is 3. The fourth-order valence-corrected chi connectivity index (χ4v) is 1.92. The molecule has 0 aliphatic carbocycles. The molecule has 0 atom stereocenters. The second kappa shape index (κ2) is 6.12. The lowest BCUT2D eigenvalue weighted by Gasteiger charge is -2.06. The third-order valence-electron chi connectivity index (χ3n) is 2.53. The van der Waals surface area contributed by atoms with Gasteiger partial charge in [0.1, 0.15) is 0 Å². The summed E-state index contributed by atoms with van der Waals surface area (Å²) in [5.41, 5.74) is 1.45. The monoisotopic (exact) mass is 332 g/mol. The first-order valence-corrected chi connectivity index (χ1v) is 6.42. The summed E-state index contributed by atoms with van der Waals surface area (Å²) in [7, 11) is 0. The molecule has 1 N–H and O–H groups in total. The molecule has 0 radical (unpaired) electrons. The van der Waals surface area contributed by atoms with Crippen LogP contribution in [0.25, 0.3) is 0 Å². The van der Waals surface area contributed by atoms with E-state index in [-0.39, 0.29) is 11.5 Å². The molecule has 2 rings (SSSR count). The van der Waals surface area contributed by atoms with Crippen molar-refractivity contribution < 1.29 is 4.92 Å². The van der Waals surface area contributed by atoms with Crippen LogP contribution in [0, 0.1) is 21.4 Å². The third-order valence-corrected chi connectivity index (χ3v) is 2.96. The molecule has 0 bridgehead atoms. The molecular weight excluding hydrogens is 324 g/mol. The summed E-state index contributed by atoms with van der Waals surface area (Å²) in [6.07, 6.45) is 1.82. The molecule has 1 aromatic carbocycles. The van der Waals surface area contributed by atoms with Crippen LogP contribution in [0.3, 0.4) is 0 Å². The molecule has 100 valence electrons. The zero-order chi connectivity index (χ0) is 14.5. The van der Waals surface area contributed by atoms with Crippen molar-refractivity contribution in [3.8, 4) is 6.07 Å². The minimum absolute atomic E-state index is 0.111. The van der Waals surface area contributed by atoms with Gasteiger partial charge in [0, 0.05) is 22.4 Å². The van der Waals surface area contributed by atoms with Crippen molar-refractivity contribution in [3.63, 3.8) is 0 Å². The van der Waals surface area contributed by atoms with E-state index in [0.717, 1.165) is 5.56 Å². The number of rotatable bonds is 4. The van der Waals surface area contributed by atoms with Gasteiger partial charge in [0.25, 0.3) is 0 Å². The van der Waals surface area contributed by atoms with E-state index in [1.54, 1.807) is 24.3 Å². The molecule has 0 fully saturated rings. The molecule has 7 heteroatoms. The molecule has 1 aromatic heterocycles. The van der Waals surface area contributed by atoms with Crippen LogP contribution in [0.5, 0.6) is 0 Å². The number of aromatic nitrogens is 1. The van der Waals surface area contributed by atoms with Crippen LogP contribution >= 0.6 is 15.9 Å². The molecule has 0 saturated carbocycles. The molecule has 0 aliphatic rings. The lowest BCUT2D eigenvalue weighted by atomic mass is 10.1. The Hall–Kier alpha value is -2.46. The Morgan fingerprint density at radius 2 is 2.10 bits per heavy atom. The maximum atomic E-state index is 11.0. The third kappa shape index (κ3) is 3.30. The summed E-state index contributed by atoms with van der Waals surface area (Å²) in [6, 6.07) is 10.5. The smallest absolute Gasteiger partial charge is 0.312 e. The molecule has 0 saturated heterocycles. The zero-order valence-electron chi connectivity index (χ0n) is 10.2. The maximum absolute atomic E-state index is 11.0. The van der Waals surface area contributed by atoms with Gasteiger partial charge >= 0.3 is 5.69 Å². The minimum atomic E-state index is -0.496. The predicted molar refractivity (Wildman–Crippen MR) is 77.6 cm³/mol. The standard InChI is InChI=1S/C13H9BrN4O2/c14-10-7-12(18(19)20)13(16-8-10)17-11-3-1-9(2-4-11)5-6-15/h1-4,7-8H,5H2,(H,16,17). The van der Waals surface area contributed by atoms with Gasteiger partial charge < -0.3 is 5.32 Å². The minimum Gasteiger partial charge on any atom is -0.334 e. The summed E-state index contributed by atoms with van der Waals surface area (Å²) in [5, 5.41) is 22.5. The number of nitriles is 1. The quantitative estimate of drug-likeness (QED) is 0.682. The normalized spacial score (nSPS) is 9.80. The molecule has 2 aromatic rings. The SMILES string of the molecule is N#CCc1ccc(Nc2ncc(Br)cc2[N+](=O)[O-])cc1. The topological polar surface area (TPSA) is 91.8 Å². The van der Waals surface area contributed by atoms with Gasteiger partial charge in [-0.1, -0.05) is 12.1 Å². The number of pyridine rings is 1. The molecule has 1 heterocycles. The fourth-order valence-electron chi connectivity index (χ4n) is 1.60. The second-order valence-electron chi connectivity index (χ2n) is 3.94. The van der Waals surface area contributed by atoms with Crippen molar-refractivity contribution in [2.45, 2.75) is 6.42 Å². The molecule has 20 heavy (non-hydrogen) atoms. The highest BCUT2D eigenvalue weighted by molar-refractivity contribution is 9.10. The summed E-state index contributed by atoms with van der Waals surface area (Å²) in [6.45, 7) is 0. The average molecular weight is 333 g/mol. The van der Waals surface area contributed by atoms with Crippen molar-refractivity contribution in [2.24, 2.45) is 0 Å². The highest BCUT2D eigenvalue weighted by Crippen LogP contribution is 2.28. The Kier molecular flexibility index (Phi) is 4.27. The first-order chi connectivity index (χ1) is 9.60. The molecule has 0 unspecified atom stereocenters. The number of nitro groups is 1. The molecular formula is C13H9BrN4O2. The summed E-state index contributed by atoms with van der Waals surface area (Å²) >= 11 is 3.15. The van der Waals surface area contributed by atoms with E-state index in [9.17, 15) is 10.1 Å². The van der Waals surface area contributed by atoms with E-state index >= 15 is 0 Å². The molecule has 0 spiro atoms. The van der Waals surface area contributed by atoms with Crippen molar-refractivity contribution in [2.75, 3.05) is 5.32 Å². The number of anilines is 2. The molecule has 0 aliphatic heterocycles. The first kappa shape index (κ1) is 14.0. The van der Waals surface area contributed by atoms with Gasteiger partial charge in [0.2, 0.25) is 5.82 Å². The number of hydrogen-bond acceptors (Lipinski definition) is 5. The highest BCUT2D eigenvalue weighted by atomic mass is 79.9. The summed E-state index contributed by atoms with van der Waals surface area (Å²) in [5.74, 6) is 0.172. The average Bonchev–Trinajstić information content (AvgIpc) is 2.43. The largest absolute Gasteiger partial charge is 0.334 e. The Morgan fingerprint density at radius 1 is 1.40 bits per heavy atom. The fraction of sp³-hybridized carbons (Fsp3) is 0.0769. The molecule has 6 nitrogen and oxygen atoms in total. The summed E-state index contributed by atoms with van der Waals surface area (Å²) < 4.78 is 0.541. The Labute approximate surface area is 123 Å². The van der Waals surface area contributed by atoms with Gasteiger partial charge in [-0.2, -0.15) is 5.26 Å². The van der Waals surface area contributed by atoms with Crippen LogP contribution in [0.15, 0.2) is 41.0 Å². The van der Waals surface area contributed by atoms with E-state index in [1.165, 1.54) is 12.3 Å². The summed E-state index contributed by atoms with van der Waals surface area (Å²) in [4.78, 5) is 14.5. The van der Waals surface area contributed by atoms with Gasteiger partial charge in [0.05, 0.1) is 17.4 Å². The highest BCUT2D eigenvalue weighted by Gasteiger charge is 2.15. The van der Waals surface area contributed by atoms with Crippen molar-refractivity contribution >= 4 is 33.1 Å². The van der Waals surface area contributed by atoms with E-state index in [0.29, 0.717) is 16.6 Å². The van der Waals surface area contributed by atoms with Crippen molar-refractivity contribution in [1.82, 2.24) is 4.98 Å². The Morgan fingerprint density at radius 3 is 2.70 bits per heavy atom. The number of halogens is 1. The Bertz CT molecular complexity index is 680. The van der Waals surface area contributed by atoms with Crippen molar-refractivity contribution in [3.05, 3.63) is 56.7 Å². The number of nitrogens with one attached hydrogen (secondary N) is 1. The molecule has 0 amide bonds. The Balaban J connectivity index is 2.26. The zero-order valence-corrected chi connectivity index (χ0v) is 11.8. The van der Waals surface area contributed by atoms with Crippen LogP contribution < -0.4 is 5.32 Å². The van der Waals surface area contributed by atoms with Crippen LogP contribution in [0.2, 0.25) is 0 Å². The van der Waals surface area contributed by atoms with Crippen LogP contribution in [0.1, 0.15) is 5.56 Å². The van der Waals surface area contributed by atoms with Crippen molar-refractivity contribution in [1.29, 1.82) is 5.26 Å². The van der Waals surface area contributed by atoms with Crippen LogP contribution in [-0.4, -0.2) is 9.91 Å². The maximum Gasteiger partial charge on any atom is 0.312 e. The van der Waals surface area contributed by atoms with Gasteiger partial charge in [-0.3, -0.25) is 10.1 Å². The lowest BCUT2D eigenvalue weighted by molar-refractivity contribution is -0.384. The van der Waals surface area contributed by atoms with Crippen LogP contribution in [0.4, 0.5) is 17.2 Å².